The summed E-state index contributed by atoms with van der Waals surface area (Å²) < 4.78 is 0. The molecule has 0 aromatic heterocycles. The summed E-state index contributed by atoms with van der Waals surface area (Å²) in [6.45, 7) is 6.85. The molecule has 2 N–H and O–H groups in total. The molecule has 0 radical (unpaired) electrons. The largest absolute Gasteiger partial charge is 0.345 e. The highest BCUT2D eigenvalue weighted by molar-refractivity contribution is 5.76. The Morgan fingerprint density at radius 3 is 2.94 bits per heavy atom. The third-order valence-corrected chi connectivity index (χ3v) is 2.38. The molecule has 0 heterocycles. The minimum Gasteiger partial charge on any atom is -0.345 e. The van der Waals surface area contributed by atoms with E-state index in [2.05, 4.69) is 30.1 Å². The molecule has 1 unspecified atom stereocenters. The van der Waals surface area contributed by atoms with Gasteiger partial charge in [0, 0.05) is 19.0 Å². The van der Waals surface area contributed by atoms with E-state index in [1.54, 1.807) is 0 Å². The van der Waals surface area contributed by atoms with E-state index in [1.165, 1.54) is 0 Å². The van der Waals surface area contributed by atoms with Crippen LogP contribution >= 0.6 is 0 Å². The number of amides is 1. The van der Waals surface area contributed by atoms with Gasteiger partial charge >= 0.3 is 0 Å². The molecule has 0 aliphatic carbocycles. The van der Waals surface area contributed by atoms with Crippen LogP contribution in [0.2, 0.25) is 0 Å². The highest BCUT2D eigenvalue weighted by atomic mass is 16.1. The van der Waals surface area contributed by atoms with Crippen molar-refractivity contribution in [2.75, 3.05) is 13.1 Å². The van der Waals surface area contributed by atoms with Gasteiger partial charge in [0.05, 0.1) is 6.54 Å². The first-order valence-corrected chi connectivity index (χ1v) is 5.79. The zero-order valence-electron chi connectivity index (χ0n) is 10.1. The molecule has 0 rings (SSSR count). The van der Waals surface area contributed by atoms with Gasteiger partial charge in [-0.2, -0.15) is 0 Å². The van der Waals surface area contributed by atoms with E-state index in [1.807, 2.05) is 6.08 Å². The Hall–Kier alpha value is -1.27. The molecule has 0 spiro atoms. The molecule has 0 saturated heterocycles. The zero-order chi connectivity index (χ0) is 12.2. The van der Waals surface area contributed by atoms with Gasteiger partial charge in [0.2, 0.25) is 5.91 Å². The summed E-state index contributed by atoms with van der Waals surface area (Å²) in [6, 6.07) is 0.471. The van der Waals surface area contributed by atoms with Crippen LogP contribution in [0.4, 0.5) is 0 Å². The second kappa shape index (κ2) is 10.3. The first-order chi connectivity index (χ1) is 7.74. The van der Waals surface area contributed by atoms with Gasteiger partial charge in [-0.15, -0.1) is 13.0 Å². The lowest BCUT2D eigenvalue weighted by Crippen LogP contribution is -2.33. The van der Waals surface area contributed by atoms with Gasteiger partial charge in [-0.05, 0) is 19.3 Å². The van der Waals surface area contributed by atoms with Crippen LogP contribution in [-0.4, -0.2) is 25.0 Å². The normalized spacial score (nSPS) is 11.5. The van der Waals surface area contributed by atoms with Gasteiger partial charge in [0.1, 0.15) is 0 Å². The molecule has 0 aromatic rings. The van der Waals surface area contributed by atoms with Crippen molar-refractivity contribution in [3.63, 3.8) is 0 Å². The van der Waals surface area contributed by atoms with Crippen LogP contribution in [0.5, 0.6) is 0 Å². The minimum absolute atomic E-state index is 0.00373. The number of hydrogen-bond donors (Lipinski definition) is 2. The summed E-state index contributed by atoms with van der Waals surface area (Å²) >= 11 is 0. The van der Waals surface area contributed by atoms with E-state index in [4.69, 9.17) is 6.42 Å². The second-order valence-corrected chi connectivity index (χ2v) is 3.66. The van der Waals surface area contributed by atoms with Crippen molar-refractivity contribution in [2.45, 2.75) is 38.6 Å². The molecule has 1 amide bonds. The smallest absolute Gasteiger partial charge is 0.222 e. The summed E-state index contributed by atoms with van der Waals surface area (Å²) in [4.78, 5) is 11.2. The van der Waals surface area contributed by atoms with Crippen molar-refractivity contribution in [1.82, 2.24) is 10.6 Å². The molecule has 1 atom stereocenters. The molecule has 0 aliphatic rings. The predicted molar refractivity (Wildman–Crippen MR) is 68.0 cm³/mol. The Balaban J connectivity index is 3.57. The van der Waals surface area contributed by atoms with Gasteiger partial charge in [-0.3, -0.25) is 4.79 Å². The number of hydrogen-bond acceptors (Lipinski definition) is 2. The molecule has 16 heavy (non-hydrogen) atoms. The van der Waals surface area contributed by atoms with Crippen molar-refractivity contribution in [1.29, 1.82) is 0 Å². The molecule has 3 nitrogen and oxygen atoms in total. The second-order valence-electron chi connectivity index (χ2n) is 3.66. The van der Waals surface area contributed by atoms with Gasteiger partial charge in [0.25, 0.3) is 0 Å². The van der Waals surface area contributed by atoms with E-state index in [0.717, 1.165) is 19.3 Å². The average molecular weight is 222 g/mol. The number of carbonyl (C=O) groups is 1. The van der Waals surface area contributed by atoms with Crippen molar-refractivity contribution in [2.24, 2.45) is 0 Å². The average Bonchev–Trinajstić information content (AvgIpc) is 2.30. The predicted octanol–water partition coefficient (Wildman–Crippen LogP) is 1.46. The minimum atomic E-state index is 0.00373. The van der Waals surface area contributed by atoms with Crippen molar-refractivity contribution in [3.05, 3.63) is 12.7 Å². The molecule has 0 aromatic carbocycles. The maximum Gasteiger partial charge on any atom is 0.222 e. The lowest BCUT2D eigenvalue weighted by Gasteiger charge is -2.15. The fourth-order valence-electron chi connectivity index (χ4n) is 1.40. The number of nitrogens with one attached hydrogen (secondary N) is 2. The Labute approximate surface area is 98.7 Å². The monoisotopic (exact) mass is 222 g/mol. The SMILES string of the molecule is C#CCNC(=O)CCNC(CC)CCC=C. The highest BCUT2D eigenvalue weighted by Crippen LogP contribution is 2.01. The topological polar surface area (TPSA) is 41.1 Å². The zero-order valence-corrected chi connectivity index (χ0v) is 10.1. The quantitative estimate of drug-likeness (QED) is 0.458. The highest BCUT2D eigenvalue weighted by Gasteiger charge is 2.05. The van der Waals surface area contributed by atoms with Crippen LogP contribution in [0.1, 0.15) is 32.6 Å². The number of terminal acetylenes is 1. The molecule has 0 fully saturated rings. The maximum atomic E-state index is 11.2. The van der Waals surface area contributed by atoms with Crippen molar-refractivity contribution in [3.8, 4) is 12.3 Å². The van der Waals surface area contributed by atoms with Crippen LogP contribution in [0.3, 0.4) is 0 Å². The fourth-order valence-corrected chi connectivity index (χ4v) is 1.40. The molecular weight excluding hydrogens is 200 g/mol. The van der Waals surface area contributed by atoms with E-state index >= 15 is 0 Å². The summed E-state index contributed by atoms with van der Waals surface area (Å²) in [5.41, 5.74) is 0. The molecule has 0 bridgehead atoms. The van der Waals surface area contributed by atoms with Crippen LogP contribution < -0.4 is 10.6 Å². The van der Waals surface area contributed by atoms with E-state index in [0.29, 0.717) is 25.6 Å². The van der Waals surface area contributed by atoms with Crippen molar-refractivity contribution < 1.29 is 4.79 Å². The van der Waals surface area contributed by atoms with Crippen LogP contribution in [0.25, 0.3) is 0 Å². The number of carbonyl (C=O) groups excluding carboxylic acids is 1. The van der Waals surface area contributed by atoms with Gasteiger partial charge in [-0.1, -0.05) is 18.9 Å². The molecular formula is C13H22N2O. The Bertz CT molecular complexity index is 243. The first-order valence-electron chi connectivity index (χ1n) is 5.79. The van der Waals surface area contributed by atoms with Crippen LogP contribution in [-0.2, 0) is 4.79 Å². The summed E-state index contributed by atoms with van der Waals surface area (Å²) in [6.07, 6.45) is 10.6. The lowest BCUT2D eigenvalue weighted by molar-refractivity contribution is -0.120. The summed E-state index contributed by atoms with van der Waals surface area (Å²) in [5.74, 6) is 2.38. The molecule has 3 heteroatoms. The standard InChI is InChI=1S/C13H22N2O/c1-4-7-8-12(6-3)14-11-9-13(16)15-10-5-2/h2,4,12,14H,1,6-11H2,3H3,(H,15,16). The number of rotatable bonds is 9. The summed E-state index contributed by atoms with van der Waals surface area (Å²) in [5, 5.41) is 5.99. The third-order valence-electron chi connectivity index (χ3n) is 2.38. The van der Waals surface area contributed by atoms with Gasteiger partial charge < -0.3 is 10.6 Å². The molecule has 0 aliphatic heterocycles. The summed E-state index contributed by atoms with van der Waals surface area (Å²) in [7, 11) is 0. The van der Waals surface area contributed by atoms with E-state index < -0.39 is 0 Å². The van der Waals surface area contributed by atoms with E-state index in [-0.39, 0.29) is 5.91 Å². The van der Waals surface area contributed by atoms with Crippen LogP contribution in [0.15, 0.2) is 12.7 Å². The van der Waals surface area contributed by atoms with Crippen molar-refractivity contribution >= 4 is 5.91 Å². The van der Waals surface area contributed by atoms with Gasteiger partial charge in [0.15, 0.2) is 0 Å². The third kappa shape index (κ3) is 8.07. The van der Waals surface area contributed by atoms with Crippen LogP contribution in [0, 0.1) is 12.3 Å². The Morgan fingerprint density at radius 2 is 2.38 bits per heavy atom. The van der Waals surface area contributed by atoms with E-state index in [9.17, 15) is 4.79 Å². The lowest BCUT2D eigenvalue weighted by atomic mass is 10.1. The maximum absolute atomic E-state index is 11.2. The molecule has 0 saturated carbocycles. The fraction of sp³-hybridized carbons (Fsp3) is 0.615. The molecule has 90 valence electrons. The number of allylic oxidation sites excluding steroid dienone is 1. The Morgan fingerprint density at radius 1 is 1.62 bits per heavy atom. The first kappa shape index (κ1) is 14.7. The van der Waals surface area contributed by atoms with Gasteiger partial charge in [-0.25, -0.2) is 0 Å². The Kier molecular flexibility index (Phi) is 9.44.